The third kappa shape index (κ3) is 5.86. The van der Waals surface area contributed by atoms with Crippen molar-refractivity contribution in [2.45, 2.75) is 18.4 Å². The number of hydrogen-bond acceptors (Lipinski definition) is 6. The van der Waals surface area contributed by atoms with E-state index in [2.05, 4.69) is 29.6 Å². The summed E-state index contributed by atoms with van der Waals surface area (Å²) in [5.74, 6) is 2.16. The first-order valence-electron chi connectivity index (χ1n) is 10.0. The van der Waals surface area contributed by atoms with Crippen molar-refractivity contribution in [2.24, 2.45) is 0 Å². The first-order chi connectivity index (χ1) is 14.6. The number of amides is 2. The number of carbonyl (C=O) groups excluding carboxylic acids is 2. The number of nitrogens with zero attached hydrogens (tertiary/aromatic N) is 1. The molecule has 0 saturated carbocycles. The molecule has 8 heteroatoms. The normalized spacial score (nSPS) is 13.7. The van der Waals surface area contributed by atoms with Crippen molar-refractivity contribution in [3.8, 4) is 5.75 Å². The average molecular weight is 446 g/mol. The maximum Gasteiger partial charge on any atom is 0.276 e. The van der Waals surface area contributed by atoms with Crippen LogP contribution in [0.3, 0.4) is 0 Å². The zero-order chi connectivity index (χ0) is 21.3. The lowest BCUT2D eigenvalue weighted by Gasteiger charge is -2.21. The lowest BCUT2D eigenvalue weighted by Crippen LogP contribution is -2.43. The third-order valence-electron chi connectivity index (χ3n) is 4.73. The van der Waals surface area contributed by atoms with Gasteiger partial charge in [0.15, 0.2) is 6.61 Å². The Morgan fingerprint density at radius 1 is 1.00 bits per heavy atom. The zero-order valence-corrected chi connectivity index (χ0v) is 18.9. The number of anilines is 1. The predicted molar refractivity (Wildman–Crippen MR) is 125 cm³/mol. The number of thioether (sulfide) groups is 2. The molecular weight excluding hydrogens is 418 g/mol. The Morgan fingerprint density at radius 3 is 2.33 bits per heavy atom. The minimum Gasteiger partial charge on any atom is -0.483 e. The van der Waals surface area contributed by atoms with E-state index >= 15 is 0 Å². The minimum atomic E-state index is -0.412. The largest absolute Gasteiger partial charge is 0.483 e. The van der Waals surface area contributed by atoms with Crippen molar-refractivity contribution in [3.63, 3.8) is 0 Å². The van der Waals surface area contributed by atoms with Crippen molar-refractivity contribution in [1.82, 2.24) is 10.9 Å². The van der Waals surface area contributed by atoms with E-state index in [1.54, 1.807) is 12.1 Å². The molecular formula is C22H27N3O3S2. The molecule has 30 heavy (non-hydrogen) atoms. The van der Waals surface area contributed by atoms with Crippen LogP contribution >= 0.6 is 23.5 Å². The fourth-order valence-electron chi connectivity index (χ4n) is 3.14. The summed E-state index contributed by atoms with van der Waals surface area (Å²) in [6, 6.07) is 15.1. The van der Waals surface area contributed by atoms with E-state index in [1.807, 2.05) is 59.9 Å². The van der Waals surface area contributed by atoms with Gasteiger partial charge in [0.2, 0.25) is 0 Å². The fraction of sp³-hybridized carbons (Fsp3) is 0.364. The number of nitrogens with one attached hydrogen (secondary N) is 2. The monoisotopic (exact) mass is 445 g/mol. The van der Waals surface area contributed by atoms with Gasteiger partial charge in [-0.15, -0.1) is 23.5 Å². The lowest BCUT2D eigenvalue weighted by atomic mass is 10.2. The summed E-state index contributed by atoms with van der Waals surface area (Å²) in [5.41, 5.74) is 7.49. The Balaban J connectivity index is 1.48. The van der Waals surface area contributed by atoms with Gasteiger partial charge in [0.05, 0.1) is 4.58 Å². The molecule has 2 aromatic carbocycles. The van der Waals surface area contributed by atoms with Crippen LogP contribution in [0.25, 0.3) is 0 Å². The highest BCUT2D eigenvalue weighted by Gasteiger charge is 2.22. The van der Waals surface area contributed by atoms with Crippen molar-refractivity contribution in [1.29, 1.82) is 0 Å². The highest BCUT2D eigenvalue weighted by Crippen LogP contribution is 2.48. The van der Waals surface area contributed by atoms with Crippen molar-refractivity contribution < 1.29 is 14.3 Å². The second kappa shape index (κ2) is 11.2. The summed E-state index contributed by atoms with van der Waals surface area (Å²) in [6.07, 6.45) is 0. The number of carbonyl (C=O) groups is 2. The molecule has 1 aliphatic heterocycles. The van der Waals surface area contributed by atoms with E-state index in [0.717, 1.165) is 35.8 Å². The Hall–Kier alpha value is -2.32. The molecule has 0 atom stereocenters. The highest BCUT2D eigenvalue weighted by atomic mass is 32.2. The molecule has 3 rings (SSSR count). The van der Waals surface area contributed by atoms with Crippen molar-refractivity contribution >= 4 is 41.0 Å². The van der Waals surface area contributed by atoms with Crippen LogP contribution in [-0.2, 0) is 4.79 Å². The van der Waals surface area contributed by atoms with E-state index in [1.165, 1.54) is 0 Å². The summed E-state index contributed by atoms with van der Waals surface area (Å²) in [4.78, 5) is 26.6. The number of ether oxygens (including phenoxy) is 1. The Kier molecular flexibility index (Phi) is 8.33. The van der Waals surface area contributed by atoms with Gasteiger partial charge in [-0.2, -0.15) is 0 Å². The quantitative estimate of drug-likeness (QED) is 0.602. The van der Waals surface area contributed by atoms with E-state index < -0.39 is 5.91 Å². The molecule has 1 heterocycles. The molecule has 160 valence electrons. The Labute approximate surface area is 186 Å². The maximum atomic E-state index is 12.3. The minimum absolute atomic E-state index is 0.166. The average Bonchev–Trinajstić information content (AvgIpc) is 3.32. The van der Waals surface area contributed by atoms with E-state index in [9.17, 15) is 9.59 Å². The summed E-state index contributed by atoms with van der Waals surface area (Å²) < 4.78 is 6.06. The summed E-state index contributed by atoms with van der Waals surface area (Å²) in [7, 11) is 0. The summed E-state index contributed by atoms with van der Waals surface area (Å²) >= 11 is 3.77. The van der Waals surface area contributed by atoms with Gasteiger partial charge in [-0.3, -0.25) is 20.4 Å². The molecule has 0 aliphatic carbocycles. The maximum absolute atomic E-state index is 12.3. The number of hydrazine groups is 1. The Morgan fingerprint density at radius 2 is 1.67 bits per heavy atom. The van der Waals surface area contributed by atoms with E-state index in [-0.39, 0.29) is 12.5 Å². The molecule has 0 unspecified atom stereocenters. The standard InChI is InChI=1S/C22H27N3O3S2/c1-3-25(4-2)17-11-9-16(10-12-17)21(27)24-23-20(26)15-28-19-8-6-5-7-18(19)22-29-13-14-30-22/h5-12,22H,3-4,13-15H2,1-2H3,(H,23,26)(H,24,27). The molecule has 2 N–H and O–H groups in total. The molecule has 1 aliphatic rings. The predicted octanol–water partition coefficient (Wildman–Crippen LogP) is 3.85. The van der Waals surface area contributed by atoms with Crippen LogP contribution in [0.2, 0.25) is 0 Å². The molecule has 6 nitrogen and oxygen atoms in total. The number of hydrogen-bond donors (Lipinski definition) is 2. The van der Waals surface area contributed by atoms with Crippen LogP contribution in [0, 0.1) is 0 Å². The van der Waals surface area contributed by atoms with Gasteiger partial charge < -0.3 is 9.64 Å². The van der Waals surface area contributed by atoms with Gasteiger partial charge in [0, 0.05) is 41.4 Å². The number of benzene rings is 2. The van der Waals surface area contributed by atoms with Gasteiger partial charge in [-0.05, 0) is 44.2 Å². The molecule has 1 saturated heterocycles. The third-order valence-corrected chi connectivity index (χ3v) is 7.79. The van der Waals surface area contributed by atoms with Crippen LogP contribution < -0.4 is 20.5 Å². The topological polar surface area (TPSA) is 70.7 Å². The van der Waals surface area contributed by atoms with E-state index in [4.69, 9.17) is 4.74 Å². The van der Waals surface area contributed by atoms with Crippen LogP contribution in [0.1, 0.15) is 34.4 Å². The smallest absolute Gasteiger partial charge is 0.276 e. The van der Waals surface area contributed by atoms with Crippen LogP contribution in [0.4, 0.5) is 5.69 Å². The van der Waals surface area contributed by atoms with Gasteiger partial charge in [0.25, 0.3) is 11.8 Å². The molecule has 0 radical (unpaired) electrons. The molecule has 0 aromatic heterocycles. The van der Waals surface area contributed by atoms with Crippen LogP contribution in [0.15, 0.2) is 48.5 Å². The number of rotatable bonds is 8. The van der Waals surface area contributed by atoms with Crippen molar-refractivity contribution in [2.75, 3.05) is 36.1 Å². The summed E-state index contributed by atoms with van der Waals surface area (Å²) in [6.45, 7) is 5.82. The molecule has 2 aromatic rings. The zero-order valence-electron chi connectivity index (χ0n) is 17.2. The number of para-hydroxylation sites is 1. The second-order valence-electron chi connectivity index (χ2n) is 6.62. The second-order valence-corrected chi connectivity index (χ2v) is 9.35. The van der Waals surface area contributed by atoms with Crippen molar-refractivity contribution in [3.05, 3.63) is 59.7 Å². The highest BCUT2D eigenvalue weighted by molar-refractivity contribution is 8.19. The fourth-order valence-corrected chi connectivity index (χ4v) is 6.04. The first-order valence-corrected chi connectivity index (χ1v) is 12.1. The van der Waals surface area contributed by atoms with Crippen LogP contribution in [-0.4, -0.2) is 43.0 Å². The van der Waals surface area contributed by atoms with Gasteiger partial charge in [-0.25, -0.2) is 0 Å². The Bertz CT molecular complexity index is 851. The first kappa shape index (κ1) is 22.4. The van der Waals surface area contributed by atoms with Gasteiger partial charge in [-0.1, -0.05) is 18.2 Å². The van der Waals surface area contributed by atoms with Gasteiger partial charge in [0.1, 0.15) is 5.75 Å². The lowest BCUT2D eigenvalue weighted by molar-refractivity contribution is -0.123. The van der Waals surface area contributed by atoms with Crippen LogP contribution in [0.5, 0.6) is 5.75 Å². The van der Waals surface area contributed by atoms with Gasteiger partial charge >= 0.3 is 0 Å². The summed E-state index contributed by atoms with van der Waals surface area (Å²) in [5, 5.41) is 0. The molecule has 2 amide bonds. The van der Waals surface area contributed by atoms with E-state index in [0.29, 0.717) is 15.9 Å². The molecule has 0 spiro atoms. The SMILES string of the molecule is CCN(CC)c1ccc(C(=O)NNC(=O)COc2ccccc2C2SCCS2)cc1. The molecule has 0 bridgehead atoms. The molecule has 1 fully saturated rings.